The molecule has 0 aliphatic carbocycles. The summed E-state index contributed by atoms with van der Waals surface area (Å²) >= 11 is 5.85. The Morgan fingerprint density at radius 3 is 2.44 bits per heavy atom. The first kappa shape index (κ1) is 12.3. The summed E-state index contributed by atoms with van der Waals surface area (Å²) < 4.78 is 5.58. The maximum Gasteiger partial charge on any atom is 0.203 e. The van der Waals surface area contributed by atoms with Crippen LogP contribution in [0.25, 0.3) is 0 Å². The molecule has 0 bridgehead atoms. The van der Waals surface area contributed by atoms with Crippen molar-refractivity contribution >= 4 is 23.6 Å². The predicted molar refractivity (Wildman–Crippen MR) is 71.1 cm³/mol. The van der Waals surface area contributed by atoms with Crippen LogP contribution in [-0.2, 0) is 0 Å². The minimum atomic E-state index is -0.355. The van der Waals surface area contributed by atoms with E-state index in [4.69, 9.17) is 21.7 Å². The van der Waals surface area contributed by atoms with Gasteiger partial charge in [-0.25, -0.2) is 0 Å². The number of Topliss-reactive ketones (excluding diaryl/α,β-unsaturated/α-hetero) is 1. The van der Waals surface area contributed by atoms with Crippen molar-refractivity contribution < 1.29 is 9.53 Å². The fraction of sp³-hybridized carbons (Fsp3) is 0. The van der Waals surface area contributed by atoms with Gasteiger partial charge in [-0.2, -0.15) is 0 Å². The first-order valence-corrected chi connectivity index (χ1v) is 5.65. The fourth-order valence-corrected chi connectivity index (χ4v) is 1.64. The number of nitrogens with one attached hydrogen (secondary N) is 1. The largest absolute Gasteiger partial charge is 0.457 e. The quantitative estimate of drug-likeness (QED) is 0.667. The van der Waals surface area contributed by atoms with Crippen LogP contribution in [-0.4, -0.2) is 12.0 Å². The first-order valence-electron chi connectivity index (χ1n) is 5.27. The molecular weight excluding hydrogens is 250 g/mol. The Balaban J connectivity index is 2.24. The average Bonchev–Trinajstić information content (AvgIpc) is 2.38. The van der Waals surface area contributed by atoms with Crippen LogP contribution in [0, 0.1) is 5.41 Å². The number of rotatable bonds is 4. The zero-order valence-electron chi connectivity index (χ0n) is 9.39. The van der Waals surface area contributed by atoms with E-state index in [-0.39, 0.29) is 5.78 Å². The second-order valence-electron chi connectivity index (χ2n) is 3.60. The fourth-order valence-electron chi connectivity index (χ4n) is 1.46. The number of carbonyl (C=O) groups excluding carboxylic acids is 1. The lowest BCUT2D eigenvalue weighted by atomic mass is 10.1. The van der Waals surface area contributed by atoms with Gasteiger partial charge >= 0.3 is 0 Å². The Kier molecular flexibility index (Phi) is 3.75. The monoisotopic (exact) mass is 259 g/mol. The number of halogens is 1. The molecule has 3 nitrogen and oxygen atoms in total. The van der Waals surface area contributed by atoms with Gasteiger partial charge in [0.25, 0.3) is 0 Å². The molecule has 2 aromatic rings. The molecule has 0 radical (unpaired) electrons. The van der Waals surface area contributed by atoms with Crippen LogP contribution < -0.4 is 4.74 Å². The number of carbonyl (C=O) groups is 1. The van der Waals surface area contributed by atoms with E-state index in [2.05, 4.69) is 0 Å². The molecule has 0 saturated heterocycles. The Morgan fingerprint density at radius 2 is 1.78 bits per heavy atom. The molecule has 4 heteroatoms. The first-order chi connectivity index (χ1) is 8.69. The van der Waals surface area contributed by atoms with Crippen molar-refractivity contribution in [2.45, 2.75) is 0 Å². The van der Waals surface area contributed by atoms with Gasteiger partial charge in [-0.1, -0.05) is 29.8 Å². The topological polar surface area (TPSA) is 50.2 Å². The molecule has 18 heavy (non-hydrogen) atoms. The Labute approximate surface area is 109 Å². The standard InChI is InChI=1S/C14H10ClNO2/c15-11-4-2-6-13(8-11)18-12-5-1-3-10(7-12)14(17)9-16/h1-9,16H. The number of hydrogen-bond donors (Lipinski definition) is 1. The SMILES string of the molecule is N=CC(=O)c1cccc(Oc2cccc(Cl)c2)c1. The molecule has 0 fully saturated rings. The summed E-state index contributed by atoms with van der Waals surface area (Å²) in [6, 6.07) is 13.7. The van der Waals surface area contributed by atoms with Crippen molar-refractivity contribution in [3.63, 3.8) is 0 Å². The third kappa shape index (κ3) is 2.96. The summed E-state index contributed by atoms with van der Waals surface area (Å²) in [6.07, 6.45) is 0.776. The van der Waals surface area contributed by atoms with Crippen molar-refractivity contribution in [1.82, 2.24) is 0 Å². The van der Waals surface area contributed by atoms with E-state index in [0.717, 1.165) is 6.21 Å². The van der Waals surface area contributed by atoms with Gasteiger partial charge in [0.05, 0.1) is 6.21 Å². The molecule has 2 rings (SSSR count). The minimum Gasteiger partial charge on any atom is -0.457 e. The number of hydrogen-bond acceptors (Lipinski definition) is 3. The van der Waals surface area contributed by atoms with Crippen molar-refractivity contribution in [3.8, 4) is 11.5 Å². The normalized spacial score (nSPS) is 9.83. The Hall–Kier alpha value is -2.13. The van der Waals surface area contributed by atoms with E-state index in [0.29, 0.717) is 22.1 Å². The van der Waals surface area contributed by atoms with E-state index in [1.165, 1.54) is 0 Å². The van der Waals surface area contributed by atoms with Gasteiger partial charge in [0, 0.05) is 10.6 Å². The van der Waals surface area contributed by atoms with E-state index in [9.17, 15) is 4.79 Å². The van der Waals surface area contributed by atoms with E-state index < -0.39 is 0 Å². The average molecular weight is 260 g/mol. The van der Waals surface area contributed by atoms with Gasteiger partial charge in [0.15, 0.2) is 0 Å². The molecule has 0 aliphatic heterocycles. The molecule has 0 saturated carbocycles. The van der Waals surface area contributed by atoms with Crippen LogP contribution in [0.4, 0.5) is 0 Å². The number of benzene rings is 2. The van der Waals surface area contributed by atoms with Gasteiger partial charge in [0.2, 0.25) is 5.78 Å². The molecule has 0 aliphatic rings. The molecule has 0 amide bonds. The Bertz CT molecular complexity index is 596. The van der Waals surface area contributed by atoms with Crippen LogP contribution >= 0.6 is 11.6 Å². The second-order valence-corrected chi connectivity index (χ2v) is 4.03. The van der Waals surface area contributed by atoms with Crippen LogP contribution in [0.3, 0.4) is 0 Å². The van der Waals surface area contributed by atoms with Gasteiger partial charge in [-0.15, -0.1) is 0 Å². The van der Waals surface area contributed by atoms with E-state index in [1.54, 1.807) is 48.5 Å². The van der Waals surface area contributed by atoms with Crippen molar-refractivity contribution in [3.05, 3.63) is 59.1 Å². The maximum absolute atomic E-state index is 11.4. The summed E-state index contributed by atoms with van der Waals surface area (Å²) in [6.45, 7) is 0. The zero-order valence-corrected chi connectivity index (χ0v) is 10.1. The molecule has 0 heterocycles. The molecule has 0 spiro atoms. The van der Waals surface area contributed by atoms with Crippen LogP contribution in [0.2, 0.25) is 5.02 Å². The van der Waals surface area contributed by atoms with Gasteiger partial charge in [-0.05, 0) is 30.3 Å². The minimum absolute atomic E-state index is 0.355. The van der Waals surface area contributed by atoms with Crippen LogP contribution in [0.5, 0.6) is 11.5 Å². The molecule has 1 N–H and O–H groups in total. The van der Waals surface area contributed by atoms with Crippen molar-refractivity contribution in [2.24, 2.45) is 0 Å². The van der Waals surface area contributed by atoms with Crippen molar-refractivity contribution in [2.75, 3.05) is 0 Å². The molecule has 90 valence electrons. The summed E-state index contributed by atoms with van der Waals surface area (Å²) in [5.41, 5.74) is 0.421. The van der Waals surface area contributed by atoms with Crippen molar-refractivity contribution in [1.29, 1.82) is 5.41 Å². The molecule has 2 aromatic carbocycles. The molecule has 0 aromatic heterocycles. The van der Waals surface area contributed by atoms with E-state index >= 15 is 0 Å². The third-order valence-corrected chi connectivity index (χ3v) is 2.52. The summed E-state index contributed by atoms with van der Waals surface area (Å²) in [5, 5.41) is 7.52. The lowest BCUT2D eigenvalue weighted by molar-refractivity contribution is 0.107. The second kappa shape index (κ2) is 5.47. The lowest BCUT2D eigenvalue weighted by Gasteiger charge is -2.06. The zero-order chi connectivity index (χ0) is 13.0. The van der Waals surface area contributed by atoms with Crippen LogP contribution in [0.1, 0.15) is 10.4 Å². The lowest BCUT2D eigenvalue weighted by Crippen LogP contribution is -1.99. The highest BCUT2D eigenvalue weighted by atomic mass is 35.5. The number of ether oxygens (including phenoxy) is 1. The third-order valence-electron chi connectivity index (χ3n) is 2.28. The predicted octanol–water partition coefficient (Wildman–Crippen LogP) is 3.96. The molecular formula is C14H10ClNO2. The van der Waals surface area contributed by atoms with Gasteiger partial charge < -0.3 is 10.1 Å². The van der Waals surface area contributed by atoms with Gasteiger partial charge in [-0.3, -0.25) is 4.79 Å². The highest BCUT2D eigenvalue weighted by Gasteiger charge is 2.04. The molecule has 0 atom stereocenters. The smallest absolute Gasteiger partial charge is 0.203 e. The number of ketones is 1. The molecule has 0 unspecified atom stereocenters. The maximum atomic E-state index is 11.4. The van der Waals surface area contributed by atoms with E-state index in [1.807, 2.05) is 0 Å². The summed E-state index contributed by atoms with van der Waals surface area (Å²) in [7, 11) is 0. The van der Waals surface area contributed by atoms with Crippen LogP contribution in [0.15, 0.2) is 48.5 Å². The van der Waals surface area contributed by atoms with Gasteiger partial charge in [0.1, 0.15) is 11.5 Å². The highest BCUT2D eigenvalue weighted by molar-refractivity contribution is 6.34. The summed E-state index contributed by atoms with van der Waals surface area (Å²) in [4.78, 5) is 11.4. The Morgan fingerprint density at radius 1 is 1.11 bits per heavy atom. The summed E-state index contributed by atoms with van der Waals surface area (Å²) in [5.74, 6) is 0.776. The highest BCUT2D eigenvalue weighted by Crippen LogP contribution is 2.24.